The van der Waals surface area contributed by atoms with Crippen molar-refractivity contribution >= 4 is 35.6 Å². The molecule has 2 saturated heterocycles. The van der Waals surface area contributed by atoms with E-state index in [1.54, 1.807) is 0 Å². The summed E-state index contributed by atoms with van der Waals surface area (Å²) in [6.07, 6.45) is 5.04. The van der Waals surface area contributed by atoms with Crippen LogP contribution in [0.3, 0.4) is 0 Å². The normalized spacial score (nSPS) is 18.5. The van der Waals surface area contributed by atoms with Crippen molar-refractivity contribution < 1.29 is 0 Å². The van der Waals surface area contributed by atoms with E-state index in [-0.39, 0.29) is 24.0 Å². The van der Waals surface area contributed by atoms with Gasteiger partial charge in [0.05, 0.1) is 0 Å². The number of hydrogen-bond donors (Lipinski definition) is 1. The smallest absolute Gasteiger partial charge is 0.193 e. The number of likely N-dealkylation sites (tertiary alicyclic amines) is 1. The molecule has 0 unspecified atom stereocenters. The van der Waals surface area contributed by atoms with Gasteiger partial charge in [0.15, 0.2) is 5.96 Å². The molecule has 0 saturated carbocycles. The molecule has 0 spiro atoms. The van der Waals surface area contributed by atoms with E-state index in [1.165, 1.54) is 51.0 Å². The minimum absolute atomic E-state index is 0. The average Bonchev–Trinajstić information content (AvgIpc) is 3.23. The van der Waals surface area contributed by atoms with Crippen LogP contribution in [-0.2, 0) is 0 Å². The molecular weight excluding hydrogens is 449 g/mol. The van der Waals surface area contributed by atoms with Gasteiger partial charge in [0.1, 0.15) is 0 Å². The summed E-state index contributed by atoms with van der Waals surface area (Å²) >= 11 is 0. The number of piperazine rings is 1. The maximum absolute atomic E-state index is 4.83. The van der Waals surface area contributed by atoms with Gasteiger partial charge in [-0.2, -0.15) is 0 Å². The van der Waals surface area contributed by atoms with Gasteiger partial charge in [-0.15, -0.1) is 24.0 Å². The second-order valence-corrected chi connectivity index (χ2v) is 7.30. The summed E-state index contributed by atoms with van der Waals surface area (Å²) in [7, 11) is 0. The zero-order valence-electron chi connectivity index (χ0n) is 16.8. The third kappa shape index (κ3) is 7.14. The Morgan fingerprint density at radius 1 is 0.963 bits per heavy atom. The lowest BCUT2D eigenvalue weighted by atomic mass is 10.2. The van der Waals surface area contributed by atoms with Crippen LogP contribution in [-0.4, -0.2) is 74.7 Å². The van der Waals surface area contributed by atoms with Crippen LogP contribution in [0.15, 0.2) is 35.3 Å². The number of unbranched alkanes of at least 4 members (excludes halogenated alkanes) is 1. The zero-order valence-corrected chi connectivity index (χ0v) is 19.1. The standard InChI is InChI=1S/C21H35N5.HI/c1-2-22-21(26-14-8-9-15-26)23-12-6-7-13-24-16-18-25(19-17-24)20-10-4-3-5-11-20;/h3-5,10-11H,2,6-9,12-19H2,1H3,(H,22,23);1H. The predicted molar refractivity (Wildman–Crippen MR) is 127 cm³/mol. The topological polar surface area (TPSA) is 34.1 Å². The number of nitrogens with zero attached hydrogens (tertiary/aromatic N) is 4. The van der Waals surface area contributed by atoms with Gasteiger partial charge in [-0.1, -0.05) is 18.2 Å². The number of benzene rings is 1. The highest BCUT2D eigenvalue weighted by Gasteiger charge is 2.17. The van der Waals surface area contributed by atoms with E-state index in [0.29, 0.717) is 0 Å². The quantitative estimate of drug-likeness (QED) is 0.278. The molecule has 1 aromatic carbocycles. The number of anilines is 1. The van der Waals surface area contributed by atoms with Gasteiger partial charge in [-0.25, -0.2) is 0 Å². The molecule has 5 nitrogen and oxygen atoms in total. The molecule has 0 atom stereocenters. The number of halogens is 1. The van der Waals surface area contributed by atoms with E-state index in [9.17, 15) is 0 Å². The van der Waals surface area contributed by atoms with Gasteiger partial charge in [-0.3, -0.25) is 9.89 Å². The molecule has 0 bridgehead atoms. The largest absolute Gasteiger partial charge is 0.369 e. The fraction of sp³-hybridized carbons (Fsp3) is 0.667. The average molecular weight is 485 g/mol. The van der Waals surface area contributed by atoms with E-state index in [4.69, 9.17) is 4.99 Å². The lowest BCUT2D eigenvalue weighted by Gasteiger charge is -2.36. The summed E-state index contributed by atoms with van der Waals surface area (Å²) in [4.78, 5) is 12.3. The van der Waals surface area contributed by atoms with Crippen LogP contribution in [0, 0.1) is 0 Å². The minimum atomic E-state index is 0. The minimum Gasteiger partial charge on any atom is -0.369 e. The summed E-state index contributed by atoms with van der Waals surface area (Å²) < 4.78 is 0. The highest BCUT2D eigenvalue weighted by atomic mass is 127. The Hall–Kier alpha value is -1.02. The molecule has 0 amide bonds. The summed E-state index contributed by atoms with van der Waals surface area (Å²) in [5, 5.41) is 3.45. The molecule has 0 radical (unpaired) electrons. The van der Waals surface area contributed by atoms with Crippen molar-refractivity contribution in [3.8, 4) is 0 Å². The molecule has 0 aliphatic carbocycles. The lowest BCUT2D eigenvalue weighted by Crippen LogP contribution is -2.46. The molecule has 152 valence electrons. The molecule has 2 heterocycles. The van der Waals surface area contributed by atoms with Gasteiger partial charge in [0.25, 0.3) is 0 Å². The summed E-state index contributed by atoms with van der Waals surface area (Å²) in [6, 6.07) is 10.8. The molecule has 1 aromatic rings. The molecule has 1 N–H and O–H groups in total. The first kappa shape index (κ1) is 22.3. The lowest BCUT2D eigenvalue weighted by molar-refractivity contribution is 0.253. The van der Waals surface area contributed by atoms with Gasteiger partial charge in [0, 0.05) is 58.0 Å². The fourth-order valence-corrected chi connectivity index (χ4v) is 3.86. The van der Waals surface area contributed by atoms with Crippen LogP contribution in [0.5, 0.6) is 0 Å². The Balaban J connectivity index is 0.00000261. The van der Waals surface area contributed by atoms with Gasteiger partial charge < -0.3 is 15.1 Å². The maximum Gasteiger partial charge on any atom is 0.193 e. The van der Waals surface area contributed by atoms with Crippen LogP contribution in [0.4, 0.5) is 5.69 Å². The highest BCUT2D eigenvalue weighted by molar-refractivity contribution is 14.0. The molecule has 6 heteroatoms. The number of hydrogen-bond acceptors (Lipinski definition) is 3. The molecule has 27 heavy (non-hydrogen) atoms. The Labute approximate surface area is 182 Å². The third-order valence-electron chi connectivity index (χ3n) is 5.38. The first-order chi connectivity index (χ1) is 12.9. The van der Waals surface area contributed by atoms with Crippen molar-refractivity contribution in [2.24, 2.45) is 4.99 Å². The number of para-hydroxylation sites is 1. The van der Waals surface area contributed by atoms with E-state index >= 15 is 0 Å². The van der Waals surface area contributed by atoms with Crippen molar-refractivity contribution in [3.63, 3.8) is 0 Å². The van der Waals surface area contributed by atoms with Gasteiger partial charge >= 0.3 is 0 Å². The van der Waals surface area contributed by atoms with Gasteiger partial charge in [0.2, 0.25) is 0 Å². The first-order valence-corrected chi connectivity index (χ1v) is 10.4. The Morgan fingerprint density at radius 3 is 2.33 bits per heavy atom. The molecule has 0 aromatic heterocycles. The maximum atomic E-state index is 4.83. The van der Waals surface area contributed by atoms with Crippen LogP contribution in [0.1, 0.15) is 32.6 Å². The summed E-state index contributed by atoms with van der Waals surface area (Å²) in [6.45, 7) is 12.2. The van der Waals surface area contributed by atoms with Crippen molar-refractivity contribution in [1.29, 1.82) is 0 Å². The predicted octanol–water partition coefficient (Wildman–Crippen LogP) is 3.27. The Bertz CT molecular complexity index is 537. The van der Waals surface area contributed by atoms with Crippen LogP contribution in [0.25, 0.3) is 0 Å². The van der Waals surface area contributed by atoms with Crippen LogP contribution < -0.4 is 10.2 Å². The van der Waals surface area contributed by atoms with Crippen molar-refractivity contribution in [1.82, 2.24) is 15.1 Å². The monoisotopic (exact) mass is 485 g/mol. The van der Waals surface area contributed by atoms with E-state index in [0.717, 1.165) is 45.2 Å². The molecule has 3 rings (SSSR count). The van der Waals surface area contributed by atoms with Crippen LogP contribution >= 0.6 is 24.0 Å². The number of rotatable bonds is 7. The molecule has 2 aliphatic rings. The zero-order chi connectivity index (χ0) is 18.0. The summed E-state index contributed by atoms with van der Waals surface area (Å²) in [5.41, 5.74) is 1.36. The second-order valence-electron chi connectivity index (χ2n) is 7.30. The molecule has 2 fully saturated rings. The number of aliphatic imine (C=N–C) groups is 1. The third-order valence-corrected chi connectivity index (χ3v) is 5.38. The first-order valence-electron chi connectivity index (χ1n) is 10.4. The van der Waals surface area contributed by atoms with Crippen molar-refractivity contribution in [3.05, 3.63) is 30.3 Å². The highest BCUT2D eigenvalue weighted by Crippen LogP contribution is 2.15. The SMILES string of the molecule is CCNC(=NCCCCN1CCN(c2ccccc2)CC1)N1CCCC1.I. The Kier molecular flexibility index (Phi) is 10.3. The van der Waals surface area contributed by atoms with E-state index < -0.39 is 0 Å². The molecular formula is C21H36IN5. The second kappa shape index (κ2) is 12.4. The summed E-state index contributed by atoms with van der Waals surface area (Å²) in [5.74, 6) is 1.13. The van der Waals surface area contributed by atoms with Crippen molar-refractivity contribution in [2.75, 3.05) is 63.8 Å². The van der Waals surface area contributed by atoms with E-state index in [1.807, 2.05) is 0 Å². The van der Waals surface area contributed by atoms with Crippen LogP contribution in [0.2, 0.25) is 0 Å². The van der Waals surface area contributed by atoms with Crippen molar-refractivity contribution in [2.45, 2.75) is 32.6 Å². The Morgan fingerprint density at radius 2 is 1.67 bits per heavy atom. The number of guanidine groups is 1. The van der Waals surface area contributed by atoms with E-state index in [2.05, 4.69) is 57.3 Å². The number of nitrogens with one attached hydrogen (secondary N) is 1. The molecule has 2 aliphatic heterocycles. The van der Waals surface area contributed by atoms with Gasteiger partial charge in [-0.05, 0) is 51.3 Å². The fourth-order valence-electron chi connectivity index (χ4n) is 3.86.